The van der Waals surface area contributed by atoms with Gasteiger partial charge in [-0.1, -0.05) is 39.0 Å². The Balaban J connectivity index is 1.79. The first kappa shape index (κ1) is 27.9. The summed E-state index contributed by atoms with van der Waals surface area (Å²) in [5.74, 6) is -2.68. The van der Waals surface area contributed by atoms with Crippen molar-refractivity contribution in [1.82, 2.24) is 20.2 Å². The molecule has 4 aromatic rings. The second kappa shape index (κ2) is 12.2. The number of hydrogen-bond donors (Lipinski definition) is 3. The molecule has 0 radical (unpaired) electrons. The first-order valence-electron chi connectivity index (χ1n) is 12.9. The second-order valence-corrected chi connectivity index (χ2v) is 9.75. The van der Waals surface area contributed by atoms with Crippen LogP contribution in [0.3, 0.4) is 0 Å². The molecule has 0 bridgehead atoms. The molecule has 9 heteroatoms. The largest absolute Gasteiger partial charge is 0.394 e. The van der Waals surface area contributed by atoms with Crippen molar-refractivity contribution in [3.8, 4) is 0 Å². The number of carbonyl (C=O) groups is 2. The van der Waals surface area contributed by atoms with Crippen molar-refractivity contribution in [2.45, 2.75) is 52.2 Å². The van der Waals surface area contributed by atoms with Crippen LogP contribution in [0, 0.1) is 11.6 Å². The lowest BCUT2D eigenvalue weighted by Crippen LogP contribution is -2.36. The maximum Gasteiger partial charge on any atom is 0.254 e. The summed E-state index contributed by atoms with van der Waals surface area (Å²) in [5, 5.41) is 15.8. The van der Waals surface area contributed by atoms with Crippen LogP contribution in [0.4, 0.5) is 8.78 Å². The molecule has 0 aliphatic heterocycles. The van der Waals surface area contributed by atoms with Gasteiger partial charge in [-0.2, -0.15) is 0 Å². The normalized spacial score (nSPS) is 12.1. The summed E-state index contributed by atoms with van der Waals surface area (Å²) >= 11 is 0. The summed E-state index contributed by atoms with van der Waals surface area (Å²) in [5.41, 5.74) is 3.51. The van der Waals surface area contributed by atoms with Crippen molar-refractivity contribution >= 4 is 22.7 Å². The smallest absolute Gasteiger partial charge is 0.254 e. The fourth-order valence-electron chi connectivity index (χ4n) is 4.64. The molecule has 0 spiro atoms. The van der Waals surface area contributed by atoms with Crippen LogP contribution in [-0.2, 0) is 13.1 Å². The standard InChI is InChI=1S/C30H32F2N4O3/c1-4-21(17-37)35-29(38)20-9-10-23-26(14-20)36(16-22-7-5-6-12-33-22)28(18(2)3)27(23)30(39)34-15-19-8-11-24(31)25(32)13-19/h5-14,18,21,37H,4,15-17H2,1-3H3,(H,34,39)(H,35,38)/t21-/m0/s1. The van der Waals surface area contributed by atoms with E-state index in [-0.39, 0.29) is 36.9 Å². The number of nitrogens with one attached hydrogen (secondary N) is 2. The van der Waals surface area contributed by atoms with Crippen LogP contribution in [0.15, 0.2) is 60.8 Å². The molecule has 204 valence electrons. The quantitative estimate of drug-likeness (QED) is 0.269. The van der Waals surface area contributed by atoms with Crippen molar-refractivity contribution in [3.05, 3.63) is 101 Å². The van der Waals surface area contributed by atoms with Gasteiger partial charge in [0.1, 0.15) is 0 Å². The molecule has 0 saturated heterocycles. The SMILES string of the molecule is CC[C@@H](CO)NC(=O)c1ccc2c(C(=O)NCc3ccc(F)c(F)c3)c(C(C)C)n(Cc3ccccn3)c2c1. The monoisotopic (exact) mass is 534 g/mol. The zero-order chi connectivity index (χ0) is 28.1. The number of rotatable bonds is 10. The minimum atomic E-state index is -0.978. The average Bonchev–Trinajstić information content (AvgIpc) is 3.26. The van der Waals surface area contributed by atoms with Gasteiger partial charge >= 0.3 is 0 Å². The van der Waals surface area contributed by atoms with E-state index in [0.717, 1.165) is 23.5 Å². The molecule has 4 rings (SSSR count). The summed E-state index contributed by atoms with van der Waals surface area (Å²) in [6.07, 6.45) is 2.28. The Hall–Kier alpha value is -4.11. The van der Waals surface area contributed by atoms with E-state index in [4.69, 9.17) is 0 Å². The van der Waals surface area contributed by atoms with E-state index in [0.29, 0.717) is 40.6 Å². The van der Waals surface area contributed by atoms with Gasteiger partial charge in [-0.3, -0.25) is 14.6 Å². The van der Waals surface area contributed by atoms with Crippen LogP contribution in [-0.4, -0.2) is 39.1 Å². The number of nitrogens with zero attached hydrogens (tertiary/aromatic N) is 2. The zero-order valence-corrected chi connectivity index (χ0v) is 22.2. The van der Waals surface area contributed by atoms with E-state index >= 15 is 0 Å². The number of aromatic nitrogens is 2. The van der Waals surface area contributed by atoms with Crippen molar-refractivity contribution in [1.29, 1.82) is 0 Å². The van der Waals surface area contributed by atoms with Gasteiger partial charge in [0.15, 0.2) is 11.6 Å². The Labute approximate surface area is 225 Å². The fourth-order valence-corrected chi connectivity index (χ4v) is 4.64. The van der Waals surface area contributed by atoms with Crippen molar-refractivity contribution in [2.75, 3.05) is 6.61 Å². The van der Waals surface area contributed by atoms with Crippen molar-refractivity contribution in [3.63, 3.8) is 0 Å². The average molecular weight is 535 g/mol. The maximum absolute atomic E-state index is 13.7. The fraction of sp³-hybridized carbons (Fsp3) is 0.300. The number of fused-ring (bicyclic) bond motifs is 1. The summed E-state index contributed by atoms with van der Waals surface area (Å²) in [6.45, 7) is 6.07. The van der Waals surface area contributed by atoms with Gasteiger partial charge < -0.3 is 20.3 Å². The third kappa shape index (κ3) is 6.15. The summed E-state index contributed by atoms with van der Waals surface area (Å²) < 4.78 is 29.0. The lowest BCUT2D eigenvalue weighted by Gasteiger charge is -2.16. The van der Waals surface area contributed by atoms with Gasteiger partial charge in [0.25, 0.3) is 11.8 Å². The first-order chi connectivity index (χ1) is 18.7. The van der Waals surface area contributed by atoms with Crippen molar-refractivity contribution < 1.29 is 23.5 Å². The lowest BCUT2D eigenvalue weighted by atomic mass is 10.0. The first-order valence-corrected chi connectivity index (χ1v) is 12.9. The highest BCUT2D eigenvalue weighted by molar-refractivity contribution is 6.10. The molecule has 7 nitrogen and oxygen atoms in total. The van der Waals surface area contributed by atoms with Crippen LogP contribution in [0.1, 0.15) is 70.8 Å². The Kier molecular flexibility index (Phi) is 8.71. The Morgan fingerprint density at radius 2 is 1.82 bits per heavy atom. The summed E-state index contributed by atoms with van der Waals surface area (Å²) in [4.78, 5) is 31.0. The minimum absolute atomic E-state index is 0.0144. The van der Waals surface area contributed by atoms with Crippen LogP contribution in [0.25, 0.3) is 10.9 Å². The molecule has 39 heavy (non-hydrogen) atoms. The Morgan fingerprint density at radius 3 is 2.46 bits per heavy atom. The van der Waals surface area contributed by atoms with Gasteiger partial charge in [-0.05, 0) is 54.3 Å². The molecule has 0 unspecified atom stereocenters. The molecule has 0 saturated carbocycles. The Bertz CT molecular complexity index is 1480. The van der Waals surface area contributed by atoms with Crippen molar-refractivity contribution in [2.24, 2.45) is 0 Å². The molecular weight excluding hydrogens is 502 g/mol. The summed E-state index contributed by atoms with van der Waals surface area (Å²) in [6, 6.07) is 13.9. The number of amides is 2. The van der Waals surface area contributed by atoms with E-state index in [2.05, 4.69) is 15.6 Å². The Morgan fingerprint density at radius 1 is 1.03 bits per heavy atom. The molecule has 2 amide bonds. The third-order valence-corrected chi connectivity index (χ3v) is 6.67. The molecule has 1 atom stereocenters. The number of halogens is 2. The van der Waals surface area contributed by atoms with Crippen LogP contribution < -0.4 is 10.6 Å². The predicted molar refractivity (Wildman–Crippen MR) is 146 cm³/mol. The number of pyridine rings is 1. The van der Waals surface area contributed by atoms with E-state index < -0.39 is 11.6 Å². The summed E-state index contributed by atoms with van der Waals surface area (Å²) in [7, 11) is 0. The van der Waals surface area contributed by atoms with Crippen LogP contribution in [0.2, 0.25) is 0 Å². The van der Waals surface area contributed by atoms with E-state index in [1.54, 1.807) is 24.4 Å². The highest BCUT2D eigenvalue weighted by Crippen LogP contribution is 2.33. The van der Waals surface area contributed by atoms with Gasteiger partial charge in [-0.25, -0.2) is 8.78 Å². The molecule has 2 aromatic heterocycles. The van der Waals surface area contributed by atoms with Gasteiger partial charge in [0.2, 0.25) is 0 Å². The predicted octanol–water partition coefficient (Wildman–Crippen LogP) is 4.92. The van der Waals surface area contributed by atoms with Gasteiger partial charge in [0, 0.05) is 29.4 Å². The number of carbonyl (C=O) groups excluding carboxylic acids is 2. The number of aliphatic hydroxyl groups is 1. The highest BCUT2D eigenvalue weighted by atomic mass is 19.2. The van der Waals surface area contributed by atoms with E-state index in [9.17, 15) is 23.5 Å². The second-order valence-electron chi connectivity index (χ2n) is 9.75. The van der Waals surface area contributed by atoms with Crippen LogP contribution in [0.5, 0.6) is 0 Å². The minimum Gasteiger partial charge on any atom is -0.394 e. The van der Waals surface area contributed by atoms with E-state index in [1.165, 1.54) is 6.07 Å². The number of benzene rings is 2. The van der Waals surface area contributed by atoms with Gasteiger partial charge in [-0.15, -0.1) is 0 Å². The number of aliphatic hydroxyl groups excluding tert-OH is 1. The maximum atomic E-state index is 13.7. The molecule has 0 fully saturated rings. The molecular formula is C30H32F2N4O3. The topological polar surface area (TPSA) is 96.3 Å². The zero-order valence-electron chi connectivity index (χ0n) is 22.2. The van der Waals surface area contributed by atoms with Crippen LogP contribution >= 0.6 is 0 Å². The molecule has 3 N–H and O–H groups in total. The number of hydrogen-bond acceptors (Lipinski definition) is 4. The molecule has 0 aliphatic carbocycles. The third-order valence-electron chi connectivity index (χ3n) is 6.67. The molecule has 0 aliphatic rings. The molecule has 2 heterocycles. The molecule has 2 aromatic carbocycles. The van der Waals surface area contributed by atoms with Gasteiger partial charge in [0.05, 0.1) is 36.0 Å². The highest BCUT2D eigenvalue weighted by Gasteiger charge is 2.26. The lowest BCUT2D eigenvalue weighted by molar-refractivity contribution is 0.0913. The van der Waals surface area contributed by atoms with E-state index in [1.807, 2.05) is 43.5 Å².